The SMILES string of the molecule is C=CCc1c(CO)ccc(C(N)=O)c1CO. The Kier molecular flexibility index (Phi) is 4.22. The van der Waals surface area contributed by atoms with Gasteiger partial charge in [0.1, 0.15) is 0 Å². The van der Waals surface area contributed by atoms with E-state index < -0.39 is 5.91 Å². The number of allylic oxidation sites excluding steroid dienone is 1. The van der Waals surface area contributed by atoms with Crippen molar-refractivity contribution in [1.82, 2.24) is 0 Å². The van der Waals surface area contributed by atoms with Crippen LogP contribution in [0.1, 0.15) is 27.0 Å². The van der Waals surface area contributed by atoms with Crippen LogP contribution >= 0.6 is 0 Å². The molecule has 0 spiro atoms. The lowest BCUT2D eigenvalue weighted by Crippen LogP contribution is -2.16. The van der Waals surface area contributed by atoms with Crippen molar-refractivity contribution in [2.24, 2.45) is 5.73 Å². The molecule has 0 aliphatic carbocycles. The fraction of sp³-hybridized carbons (Fsp3) is 0.250. The van der Waals surface area contributed by atoms with Gasteiger partial charge in [0.15, 0.2) is 0 Å². The van der Waals surface area contributed by atoms with E-state index in [1.54, 1.807) is 12.1 Å². The second kappa shape index (κ2) is 5.44. The van der Waals surface area contributed by atoms with Gasteiger partial charge < -0.3 is 15.9 Å². The lowest BCUT2D eigenvalue weighted by molar-refractivity contribution is 0.0997. The highest BCUT2D eigenvalue weighted by Crippen LogP contribution is 2.21. The van der Waals surface area contributed by atoms with E-state index in [0.717, 1.165) is 5.56 Å². The largest absolute Gasteiger partial charge is 0.392 e. The molecule has 0 aromatic heterocycles. The first-order chi connectivity index (χ1) is 7.65. The van der Waals surface area contributed by atoms with Gasteiger partial charge in [-0.3, -0.25) is 4.79 Å². The summed E-state index contributed by atoms with van der Waals surface area (Å²) in [6.07, 6.45) is 2.13. The molecule has 0 unspecified atom stereocenters. The normalized spacial score (nSPS) is 10.1. The molecule has 0 fully saturated rings. The van der Waals surface area contributed by atoms with Crippen molar-refractivity contribution in [3.8, 4) is 0 Å². The van der Waals surface area contributed by atoms with Gasteiger partial charge in [-0.2, -0.15) is 0 Å². The van der Waals surface area contributed by atoms with E-state index in [-0.39, 0.29) is 18.8 Å². The molecule has 0 heterocycles. The average molecular weight is 221 g/mol. The topological polar surface area (TPSA) is 83.5 Å². The van der Waals surface area contributed by atoms with Crippen LogP contribution in [0.15, 0.2) is 24.8 Å². The number of rotatable bonds is 5. The molecule has 0 saturated heterocycles. The molecular weight excluding hydrogens is 206 g/mol. The molecule has 0 radical (unpaired) electrons. The molecule has 0 aliphatic heterocycles. The number of benzene rings is 1. The first-order valence-corrected chi connectivity index (χ1v) is 4.91. The van der Waals surface area contributed by atoms with E-state index in [9.17, 15) is 9.90 Å². The van der Waals surface area contributed by atoms with Gasteiger partial charge in [0, 0.05) is 5.56 Å². The molecule has 86 valence electrons. The zero-order chi connectivity index (χ0) is 12.1. The standard InChI is InChI=1S/C12H15NO3/c1-2-3-9-8(6-14)4-5-10(12(13)16)11(9)7-15/h2,4-5,14-15H,1,3,6-7H2,(H2,13,16). The molecule has 4 nitrogen and oxygen atoms in total. The summed E-state index contributed by atoms with van der Waals surface area (Å²) in [7, 11) is 0. The smallest absolute Gasteiger partial charge is 0.249 e. The number of amides is 1. The van der Waals surface area contributed by atoms with Crippen molar-refractivity contribution < 1.29 is 15.0 Å². The van der Waals surface area contributed by atoms with E-state index in [1.807, 2.05) is 0 Å². The van der Waals surface area contributed by atoms with Gasteiger partial charge in [0.25, 0.3) is 0 Å². The minimum atomic E-state index is -0.584. The van der Waals surface area contributed by atoms with Crippen LogP contribution < -0.4 is 5.73 Å². The monoisotopic (exact) mass is 221 g/mol. The first-order valence-electron chi connectivity index (χ1n) is 4.91. The van der Waals surface area contributed by atoms with E-state index in [0.29, 0.717) is 17.5 Å². The molecule has 4 heteroatoms. The van der Waals surface area contributed by atoms with Crippen molar-refractivity contribution in [1.29, 1.82) is 0 Å². The number of hydrogen-bond donors (Lipinski definition) is 3. The van der Waals surface area contributed by atoms with Crippen LogP contribution in [0.5, 0.6) is 0 Å². The molecule has 1 aromatic rings. The summed E-state index contributed by atoms with van der Waals surface area (Å²) in [5.74, 6) is -0.584. The fourth-order valence-corrected chi connectivity index (χ4v) is 1.70. The Bertz CT molecular complexity index is 413. The summed E-state index contributed by atoms with van der Waals surface area (Å²) in [6.45, 7) is 3.18. The lowest BCUT2D eigenvalue weighted by atomic mass is 9.94. The Balaban J connectivity index is 3.42. The van der Waals surface area contributed by atoms with Gasteiger partial charge in [-0.15, -0.1) is 6.58 Å². The number of hydrogen-bond acceptors (Lipinski definition) is 3. The third kappa shape index (κ3) is 2.29. The second-order valence-corrected chi connectivity index (χ2v) is 3.40. The number of primary amides is 1. The molecule has 0 atom stereocenters. The Hall–Kier alpha value is -1.65. The summed E-state index contributed by atoms with van der Waals surface area (Å²) in [6, 6.07) is 3.16. The maximum Gasteiger partial charge on any atom is 0.249 e. The number of carbonyl (C=O) groups excluding carboxylic acids is 1. The minimum Gasteiger partial charge on any atom is -0.392 e. The van der Waals surface area contributed by atoms with Crippen molar-refractivity contribution >= 4 is 5.91 Å². The molecule has 0 saturated carbocycles. The summed E-state index contributed by atoms with van der Waals surface area (Å²) >= 11 is 0. The van der Waals surface area contributed by atoms with E-state index in [1.165, 1.54) is 6.07 Å². The Labute approximate surface area is 94.0 Å². The highest BCUT2D eigenvalue weighted by atomic mass is 16.3. The third-order valence-corrected chi connectivity index (χ3v) is 2.47. The van der Waals surface area contributed by atoms with Crippen molar-refractivity contribution in [3.63, 3.8) is 0 Å². The van der Waals surface area contributed by atoms with Gasteiger partial charge in [0.2, 0.25) is 5.91 Å². The van der Waals surface area contributed by atoms with Gasteiger partial charge in [-0.25, -0.2) is 0 Å². The van der Waals surface area contributed by atoms with Crippen molar-refractivity contribution in [2.75, 3.05) is 0 Å². The summed E-state index contributed by atoms with van der Waals surface area (Å²) in [5.41, 5.74) is 7.36. The van der Waals surface area contributed by atoms with E-state index in [2.05, 4.69) is 6.58 Å². The molecular formula is C12H15NO3. The number of nitrogens with two attached hydrogens (primary N) is 1. The van der Waals surface area contributed by atoms with Crippen LogP contribution in [0.3, 0.4) is 0 Å². The molecule has 0 aliphatic rings. The molecule has 4 N–H and O–H groups in total. The predicted molar refractivity (Wildman–Crippen MR) is 60.7 cm³/mol. The summed E-state index contributed by atoms with van der Waals surface area (Å²) in [5, 5.41) is 18.4. The maximum absolute atomic E-state index is 11.2. The Morgan fingerprint density at radius 1 is 1.31 bits per heavy atom. The Morgan fingerprint density at radius 3 is 2.44 bits per heavy atom. The highest BCUT2D eigenvalue weighted by Gasteiger charge is 2.14. The fourth-order valence-electron chi connectivity index (χ4n) is 1.70. The second-order valence-electron chi connectivity index (χ2n) is 3.40. The van der Waals surface area contributed by atoms with Crippen LogP contribution in [-0.4, -0.2) is 16.1 Å². The lowest BCUT2D eigenvalue weighted by Gasteiger charge is -2.13. The molecule has 16 heavy (non-hydrogen) atoms. The van der Waals surface area contributed by atoms with Crippen LogP contribution in [0.25, 0.3) is 0 Å². The zero-order valence-electron chi connectivity index (χ0n) is 8.94. The van der Waals surface area contributed by atoms with Gasteiger partial charge in [-0.1, -0.05) is 12.1 Å². The average Bonchev–Trinajstić information content (AvgIpc) is 2.28. The quantitative estimate of drug-likeness (QED) is 0.633. The van der Waals surface area contributed by atoms with Crippen molar-refractivity contribution in [2.45, 2.75) is 19.6 Å². The molecule has 1 aromatic carbocycles. The summed E-state index contributed by atoms with van der Waals surface area (Å²) < 4.78 is 0. The molecule has 1 amide bonds. The van der Waals surface area contributed by atoms with Gasteiger partial charge in [0.05, 0.1) is 13.2 Å². The van der Waals surface area contributed by atoms with Crippen molar-refractivity contribution in [3.05, 3.63) is 47.0 Å². The molecule has 0 bridgehead atoms. The number of aliphatic hydroxyl groups excluding tert-OH is 2. The highest BCUT2D eigenvalue weighted by molar-refractivity contribution is 5.94. The zero-order valence-corrected chi connectivity index (χ0v) is 8.94. The molecule has 1 rings (SSSR count). The van der Waals surface area contributed by atoms with E-state index in [4.69, 9.17) is 10.8 Å². The van der Waals surface area contributed by atoms with Gasteiger partial charge >= 0.3 is 0 Å². The van der Waals surface area contributed by atoms with Crippen LogP contribution in [-0.2, 0) is 19.6 Å². The minimum absolute atomic E-state index is 0.144. The maximum atomic E-state index is 11.2. The van der Waals surface area contributed by atoms with Crippen LogP contribution in [0.4, 0.5) is 0 Å². The summed E-state index contributed by atoms with van der Waals surface area (Å²) in [4.78, 5) is 11.2. The predicted octanol–water partition coefficient (Wildman–Crippen LogP) is 0.499. The number of aliphatic hydroxyl groups is 2. The van der Waals surface area contributed by atoms with Gasteiger partial charge in [-0.05, 0) is 29.2 Å². The van der Waals surface area contributed by atoms with E-state index >= 15 is 0 Å². The van der Waals surface area contributed by atoms with Crippen LogP contribution in [0.2, 0.25) is 0 Å². The first kappa shape index (κ1) is 12.4. The Morgan fingerprint density at radius 2 is 2.00 bits per heavy atom. The third-order valence-electron chi connectivity index (χ3n) is 2.47. The number of carbonyl (C=O) groups is 1. The van der Waals surface area contributed by atoms with Crippen LogP contribution in [0, 0.1) is 0 Å².